The number of hydrogen-bond donors (Lipinski definition) is 1. The summed E-state index contributed by atoms with van der Waals surface area (Å²) in [6.45, 7) is 3.61. The number of pyridine rings is 1. The van der Waals surface area contributed by atoms with Crippen molar-refractivity contribution >= 4 is 11.8 Å². The maximum absolute atomic E-state index is 11.3. The van der Waals surface area contributed by atoms with Crippen molar-refractivity contribution in [1.29, 1.82) is 0 Å². The van der Waals surface area contributed by atoms with Gasteiger partial charge in [0.2, 0.25) is 0 Å². The lowest BCUT2D eigenvalue weighted by Gasteiger charge is -2.05. The molecule has 0 saturated carbocycles. The van der Waals surface area contributed by atoms with E-state index in [1.165, 1.54) is 24.9 Å². The first-order valence-electron chi connectivity index (χ1n) is 5.15. The predicted octanol–water partition coefficient (Wildman–Crippen LogP) is 1.40. The Hall–Kier alpha value is -2.70. The third-order valence-corrected chi connectivity index (χ3v) is 2.01. The Morgan fingerprint density at radius 3 is 2.83 bits per heavy atom. The van der Waals surface area contributed by atoms with Crippen LogP contribution in [-0.2, 0) is 4.74 Å². The average Bonchev–Trinajstić information content (AvgIpc) is 2.91. The standard InChI is InChI=1S/C11H11N5O2/c1-2-5-18-11(17)15-9-3-4-10(12-6-9)16-7-13-14-8-16/h2-4,6-8H,1,5H2,(H,15,17). The highest BCUT2D eigenvalue weighted by Crippen LogP contribution is 2.09. The number of anilines is 1. The maximum atomic E-state index is 11.3. The molecule has 0 spiro atoms. The predicted molar refractivity (Wildman–Crippen MR) is 64.3 cm³/mol. The number of nitrogens with one attached hydrogen (secondary N) is 1. The Morgan fingerprint density at radius 1 is 1.44 bits per heavy atom. The summed E-state index contributed by atoms with van der Waals surface area (Å²) in [5.74, 6) is 0.657. The largest absolute Gasteiger partial charge is 0.445 e. The second kappa shape index (κ2) is 5.58. The minimum atomic E-state index is -0.547. The van der Waals surface area contributed by atoms with Crippen molar-refractivity contribution in [2.45, 2.75) is 0 Å². The summed E-state index contributed by atoms with van der Waals surface area (Å²) in [6, 6.07) is 3.43. The first kappa shape index (κ1) is 11.8. The summed E-state index contributed by atoms with van der Waals surface area (Å²) in [5, 5.41) is 9.89. The van der Waals surface area contributed by atoms with Crippen LogP contribution in [-0.4, -0.2) is 32.4 Å². The molecule has 1 N–H and O–H groups in total. The molecule has 7 heteroatoms. The molecule has 2 aromatic heterocycles. The number of ether oxygens (including phenoxy) is 1. The van der Waals surface area contributed by atoms with Crippen molar-refractivity contribution in [2.24, 2.45) is 0 Å². The van der Waals surface area contributed by atoms with Gasteiger partial charge in [-0.25, -0.2) is 9.78 Å². The van der Waals surface area contributed by atoms with Crippen molar-refractivity contribution in [3.8, 4) is 5.82 Å². The van der Waals surface area contributed by atoms with Gasteiger partial charge in [-0.1, -0.05) is 12.7 Å². The molecule has 0 unspecified atom stereocenters. The first-order valence-corrected chi connectivity index (χ1v) is 5.15. The van der Waals surface area contributed by atoms with Gasteiger partial charge in [0.1, 0.15) is 25.1 Å². The summed E-state index contributed by atoms with van der Waals surface area (Å²) >= 11 is 0. The molecule has 92 valence electrons. The Balaban J connectivity index is 2.00. The molecule has 0 aliphatic heterocycles. The van der Waals surface area contributed by atoms with Gasteiger partial charge in [0, 0.05) is 0 Å². The summed E-state index contributed by atoms with van der Waals surface area (Å²) in [5.41, 5.74) is 0.542. The fourth-order valence-corrected chi connectivity index (χ4v) is 1.22. The zero-order valence-corrected chi connectivity index (χ0v) is 9.48. The fourth-order valence-electron chi connectivity index (χ4n) is 1.22. The monoisotopic (exact) mass is 245 g/mol. The van der Waals surface area contributed by atoms with Gasteiger partial charge >= 0.3 is 6.09 Å². The van der Waals surface area contributed by atoms with Crippen LogP contribution < -0.4 is 5.32 Å². The Kier molecular flexibility index (Phi) is 3.65. The molecule has 0 aliphatic carbocycles. The van der Waals surface area contributed by atoms with E-state index in [9.17, 15) is 4.79 Å². The van der Waals surface area contributed by atoms with Gasteiger partial charge in [-0.2, -0.15) is 0 Å². The van der Waals surface area contributed by atoms with E-state index in [0.717, 1.165) is 0 Å². The molecule has 0 radical (unpaired) electrons. The lowest BCUT2D eigenvalue weighted by molar-refractivity contribution is 0.174. The van der Waals surface area contributed by atoms with E-state index < -0.39 is 6.09 Å². The smallest absolute Gasteiger partial charge is 0.411 e. The molecule has 2 heterocycles. The van der Waals surface area contributed by atoms with Crippen LogP contribution in [0.2, 0.25) is 0 Å². The molecule has 0 saturated heterocycles. The van der Waals surface area contributed by atoms with Gasteiger partial charge in [0.15, 0.2) is 0 Å². The van der Waals surface area contributed by atoms with Crippen molar-refractivity contribution < 1.29 is 9.53 Å². The minimum absolute atomic E-state index is 0.165. The van der Waals surface area contributed by atoms with Crippen molar-refractivity contribution in [3.63, 3.8) is 0 Å². The van der Waals surface area contributed by atoms with Gasteiger partial charge in [-0.05, 0) is 12.1 Å². The number of carbonyl (C=O) groups excluding carboxylic acids is 1. The average molecular weight is 245 g/mol. The highest BCUT2D eigenvalue weighted by atomic mass is 16.5. The molecule has 0 aromatic carbocycles. The van der Waals surface area contributed by atoms with Crippen LogP contribution in [0.25, 0.3) is 5.82 Å². The second-order valence-electron chi connectivity index (χ2n) is 3.29. The normalized spacial score (nSPS) is 9.78. The lowest BCUT2D eigenvalue weighted by Crippen LogP contribution is -2.13. The van der Waals surface area contributed by atoms with Crippen molar-refractivity contribution in [3.05, 3.63) is 43.6 Å². The van der Waals surface area contributed by atoms with Gasteiger partial charge in [-0.3, -0.25) is 9.88 Å². The highest BCUT2D eigenvalue weighted by Gasteiger charge is 2.03. The molecule has 0 aliphatic rings. The van der Waals surface area contributed by atoms with Crippen LogP contribution in [0.3, 0.4) is 0 Å². The highest BCUT2D eigenvalue weighted by molar-refractivity contribution is 5.84. The Bertz CT molecular complexity index is 521. The number of rotatable bonds is 4. The summed E-state index contributed by atoms with van der Waals surface area (Å²) in [6.07, 6.45) is 5.53. The number of carbonyl (C=O) groups is 1. The van der Waals surface area contributed by atoms with Crippen LogP contribution in [0, 0.1) is 0 Å². The third kappa shape index (κ3) is 2.91. The van der Waals surface area contributed by atoms with Crippen molar-refractivity contribution in [1.82, 2.24) is 19.7 Å². The van der Waals surface area contributed by atoms with Crippen LogP contribution in [0.5, 0.6) is 0 Å². The summed E-state index contributed by atoms with van der Waals surface area (Å²) in [7, 11) is 0. The van der Waals surface area contributed by atoms with E-state index in [-0.39, 0.29) is 6.61 Å². The fraction of sp³-hybridized carbons (Fsp3) is 0.0909. The summed E-state index contributed by atoms with van der Waals surface area (Å²) < 4.78 is 6.43. The van der Waals surface area contributed by atoms with Gasteiger partial charge < -0.3 is 4.74 Å². The van der Waals surface area contributed by atoms with Crippen LogP contribution in [0.4, 0.5) is 10.5 Å². The molecular weight excluding hydrogens is 234 g/mol. The van der Waals surface area contributed by atoms with Gasteiger partial charge in [0.05, 0.1) is 11.9 Å². The molecule has 0 fully saturated rings. The summed E-state index contributed by atoms with van der Waals surface area (Å²) in [4.78, 5) is 15.4. The molecule has 2 aromatic rings. The minimum Gasteiger partial charge on any atom is -0.445 e. The zero-order valence-electron chi connectivity index (χ0n) is 9.48. The lowest BCUT2D eigenvalue weighted by atomic mass is 10.4. The number of aromatic nitrogens is 4. The maximum Gasteiger partial charge on any atom is 0.411 e. The van der Waals surface area contributed by atoms with E-state index in [0.29, 0.717) is 11.5 Å². The SMILES string of the molecule is C=CCOC(=O)Nc1ccc(-n2cnnc2)nc1. The number of nitrogens with zero attached hydrogens (tertiary/aromatic N) is 4. The molecule has 2 rings (SSSR count). The molecule has 1 amide bonds. The first-order chi connectivity index (χ1) is 8.79. The van der Waals surface area contributed by atoms with Crippen LogP contribution in [0.1, 0.15) is 0 Å². The third-order valence-electron chi connectivity index (χ3n) is 2.01. The van der Waals surface area contributed by atoms with Crippen LogP contribution in [0.15, 0.2) is 43.6 Å². The molecule has 7 nitrogen and oxygen atoms in total. The van der Waals surface area contributed by atoms with Gasteiger partial charge in [0.25, 0.3) is 0 Å². The van der Waals surface area contributed by atoms with E-state index in [1.807, 2.05) is 0 Å². The van der Waals surface area contributed by atoms with E-state index in [2.05, 4.69) is 27.1 Å². The topological polar surface area (TPSA) is 81.9 Å². The van der Waals surface area contributed by atoms with Gasteiger partial charge in [-0.15, -0.1) is 10.2 Å². The zero-order chi connectivity index (χ0) is 12.8. The molecular formula is C11H11N5O2. The van der Waals surface area contributed by atoms with E-state index in [1.54, 1.807) is 16.7 Å². The Morgan fingerprint density at radius 2 is 2.22 bits per heavy atom. The quantitative estimate of drug-likeness (QED) is 0.823. The van der Waals surface area contributed by atoms with E-state index >= 15 is 0 Å². The van der Waals surface area contributed by atoms with Crippen molar-refractivity contribution in [2.75, 3.05) is 11.9 Å². The molecule has 18 heavy (non-hydrogen) atoms. The molecule has 0 bridgehead atoms. The van der Waals surface area contributed by atoms with E-state index in [4.69, 9.17) is 4.74 Å². The second-order valence-corrected chi connectivity index (χ2v) is 3.29. The Labute approximate surface area is 103 Å². The number of hydrogen-bond acceptors (Lipinski definition) is 5. The number of amides is 1. The molecule has 0 atom stereocenters. The van der Waals surface area contributed by atoms with Crippen LogP contribution >= 0.6 is 0 Å².